The van der Waals surface area contributed by atoms with Crippen molar-refractivity contribution in [2.75, 3.05) is 62.9 Å². The van der Waals surface area contributed by atoms with Gasteiger partial charge in [0.15, 0.2) is 0 Å². The van der Waals surface area contributed by atoms with Gasteiger partial charge in [0.25, 0.3) is 0 Å². The number of nitrogens with one attached hydrogen (secondary N) is 4. The highest BCUT2D eigenvalue weighted by Gasteiger charge is 2.37. The number of carbonyl (C=O) groups is 2. The Morgan fingerprint density at radius 3 is 1.44 bits per heavy atom. The first-order valence-electron chi connectivity index (χ1n) is 13.5. The summed E-state index contributed by atoms with van der Waals surface area (Å²) in [5.41, 5.74) is -1.08. The molecule has 2 aromatic rings. The standard InChI is InChI=1S/C22H28N4O6/c27-11-9-23-5-7-25-13-1-2-14(26-8-6-24-10-12-28)18-17(13)21(31)19-15(29)3-4-16(30)20(19)22(18)32/h1-4,23-30H,5-12H2/i9D2,10D2,11D2,12D2. The van der Waals surface area contributed by atoms with E-state index in [-0.39, 0.29) is 48.7 Å². The maximum atomic E-state index is 13.5. The molecule has 0 saturated carbocycles. The molecule has 0 heterocycles. The molecule has 10 heteroatoms. The fourth-order valence-corrected chi connectivity index (χ4v) is 3.38. The highest BCUT2D eigenvalue weighted by atomic mass is 16.3. The SMILES string of the molecule is [2H]C([2H])(O)C([2H])([2H])NCCNc1ccc(NCCNC([2H])([2H])C([2H])([2H])O)c2c1C(=O)c1c(O)ccc(O)c1C2=O. The van der Waals surface area contributed by atoms with Crippen LogP contribution in [0.15, 0.2) is 24.3 Å². The molecule has 0 saturated heterocycles. The van der Waals surface area contributed by atoms with Crippen LogP contribution in [-0.2, 0) is 0 Å². The van der Waals surface area contributed by atoms with Gasteiger partial charge in [0.05, 0.1) is 40.9 Å². The Bertz CT molecular complexity index is 1220. The second-order valence-corrected chi connectivity index (χ2v) is 6.60. The Morgan fingerprint density at radius 2 is 1.06 bits per heavy atom. The van der Waals surface area contributed by atoms with Gasteiger partial charge in [0.2, 0.25) is 11.6 Å². The monoisotopic (exact) mass is 452 g/mol. The number of phenolic OH excluding ortho intramolecular Hbond substituents is 2. The summed E-state index contributed by atoms with van der Waals surface area (Å²) in [4.78, 5) is 27.0. The number of anilines is 2. The number of hydrogen-bond donors (Lipinski definition) is 8. The molecular weight excluding hydrogens is 416 g/mol. The van der Waals surface area contributed by atoms with E-state index in [1.54, 1.807) is 0 Å². The molecule has 0 aromatic heterocycles. The number of phenols is 2. The van der Waals surface area contributed by atoms with Gasteiger partial charge in [-0.25, -0.2) is 0 Å². The summed E-state index contributed by atoms with van der Waals surface area (Å²) in [5, 5.41) is 49.3. The minimum Gasteiger partial charge on any atom is -0.507 e. The summed E-state index contributed by atoms with van der Waals surface area (Å²) < 4.78 is 58.8. The molecule has 0 radical (unpaired) electrons. The lowest BCUT2D eigenvalue weighted by Gasteiger charge is -2.25. The molecule has 0 bridgehead atoms. The van der Waals surface area contributed by atoms with Crippen LogP contribution < -0.4 is 21.3 Å². The normalized spacial score (nSPS) is 17.9. The first kappa shape index (κ1) is 14.8. The van der Waals surface area contributed by atoms with Crippen LogP contribution >= 0.6 is 0 Å². The summed E-state index contributed by atoms with van der Waals surface area (Å²) in [6.07, 6.45) is 0. The van der Waals surface area contributed by atoms with Gasteiger partial charge in [-0.3, -0.25) is 9.59 Å². The molecule has 0 fully saturated rings. The molecule has 10 nitrogen and oxygen atoms in total. The lowest BCUT2D eigenvalue weighted by atomic mass is 9.81. The first-order valence-corrected chi connectivity index (χ1v) is 9.54. The van der Waals surface area contributed by atoms with Crippen LogP contribution in [0.5, 0.6) is 11.5 Å². The lowest BCUT2D eigenvalue weighted by molar-refractivity contribution is 0.0975. The lowest BCUT2D eigenvalue weighted by Crippen LogP contribution is -2.28. The van der Waals surface area contributed by atoms with Crippen molar-refractivity contribution in [1.29, 1.82) is 0 Å². The van der Waals surface area contributed by atoms with Gasteiger partial charge < -0.3 is 41.7 Å². The van der Waals surface area contributed by atoms with Gasteiger partial charge in [-0.15, -0.1) is 0 Å². The Balaban J connectivity index is 1.91. The van der Waals surface area contributed by atoms with Gasteiger partial charge in [0.1, 0.15) is 11.5 Å². The van der Waals surface area contributed by atoms with E-state index in [2.05, 4.69) is 21.3 Å². The second-order valence-electron chi connectivity index (χ2n) is 6.60. The van der Waals surface area contributed by atoms with Crippen LogP contribution in [0.2, 0.25) is 0 Å². The van der Waals surface area contributed by atoms with Crippen LogP contribution in [0.25, 0.3) is 0 Å². The van der Waals surface area contributed by atoms with E-state index in [9.17, 15) is 30.0 Å². The average Bonchev–Trinajstić information content (AvgIpc) is 2.83. The predicted molar refractivity (Wildman–Crippen MR) is 120 cm³/mol. The van der Waals surface area contributed by atoms with Crippen LogP contribution in [0.3, 0.4) is 0 Å². The zero-order chi connectivity index (χ0) is 30.3. The molecule has 32 heavy (non-hydrogen) atoms. The number of aliphatic hydroxyl groups is 2. The Morgan fingerprint density at radius 1 is 0.656 bits per heavy atom. The minimum absolute atomic E-state index is 0.0876. The number of carbonyl (C=O) groups excluding carboxylic acids is 2. The number of aromatic hydroxyl groups is 2. The Hall–Kier alpha value is -3.18. The molecule has 2 aromatic carbocycles. The van der Waals surface area contributed by atoms with E-state index < -0.39 is 60.3 Å². The summed E-state index contributed by atoms with van der Waals surface area (Å²) in [5.74, 6) is -2.74. The largest absolute Gasteiger partial charge is 0.507 e. The smallest absolute Gasteiger partial charge is 0.200 e. The van der Waals surface area contributed by atoms with Crippen LogP contribution in [0, 0.1) is 0 Å². The van der Waals surface area contributed by atoms with Crippen molar-refractivity contribution in [2.45, 2.75) is 0 Å². The van der Waals surface area contributed by atoms with Crippen molar-refractivity contribution >= 4 is 22.9 Å². The van der Waals surface area contributed by atoms with Crippen molar-refractivity contribution in [3.8, 4) is 11.5 Å². The number of fused-ring (bicyclic) bond motifs is 2. The third kappa shape index (κ3) is 4.83. The topological polar surface area (TPSA) is 163 Å². The summed E-state index contributed by atoms with van der Waals surface area (Å²) >= 11 is 0. The van der Waals surface area contributed by atoms with Gasteiger partial charge >= 0.3 is 0 Å². The number of rotatable bonds is 12. The third-order valence-corrected chi connectivity index (χ3v) is 4.69. The molecule has 172 valence electrons. The molecule has 1 aliphatic carbocycles. The molecule has 0 atom stereocenters. The van der Waals surface area contributed by atoms with Crippen molar-refractivity contribution in [1.82, 2.24) is 10.6 Å². The molecule has 3 rings (SSSR count). The molecule has 8 N–H and O–H groups in total. The Labute approximate surface area is 196 Å². The maximum Gasteiger partial charge on any atom is 0.200 e. The fourth-order valence-electron chi connectivity index (χ4n) is 3.38. The molecule has 0 unspecified atom stereocenters. The highest BCUT2D eigenvalue weighted by molar-refractivity contribution is 6.33. The van der Waals surface area contributed by atoms with Crippen molar-refractivity contribution in [2.24, 2.45) is 0 Å². The van der Waals surface area contributed by atoms with Gasteiger partial charge in [0, 0.05) is 56.0 Å². The number of benzene rings is 2. The van der Waals surface area contributed by atoms with Crippen molar-refractivity contribution in [3.63, 3.8) is 0 Å². The van der Waals surface area contributed by atoms with E-state index in [1.807, 2.05) is 0 Å². The van der Waals surface area contributed by atoms with Crippen molar-refractivity contribution < 1.29 is 41.0 Å². The molecule has 1 aliphatic rings. The summed E-state index contributed by atoms with van der Waals surface area (Å²) in [6, 6.07) is 4.90. The number of hydrogen-bond acceptors (Lipinski definition) is 10. The van der Waals surface area contributed by atoms with E-state index in [0.717, 1.165) is 12.1 Å². The van der Waals surface area contributed by atoms with Crippen LogP contribution in [0.1, 0.15) is 42.8 Å². The van der Waals surface area contributed by atoms with E-state index in [4.69, 9.17) is 11.0 Å². The van der Waals surface area contributed by atoms with Gasteiger partial charge in [-0.1, -0.05) is 0 Å². The third-order valence-electron chi connectivity index (χ3n) is 4.69. The summed E-state index contributed by atoms with van der Waals surface area (Å²) in [7, 11) is 0. The van der Waals surface area contributed by atoms with Gasteiger partial charge in [-0.05, 0) is 24.3 Å². The van der Waals surface area contributed by atoms with E-state index in [1.165, 1.54) is 12.1 Å². The first-order chi connectivity index (χ1) is 18.3. The van der Waals surface area contributed by atoms with Crippen LogP contribution in [-0.4, -0.2) is 84.3 Å². The van der Waals surface area contributed by atoms with E-state index in [0.29, 0.717) is 0 Å². The maximum absolute atomic E-state index is 13.5. The minimum atomic E-state index is -3.18. The average molecular weight is 453 g/mol. The fraction of sp³-hybridized carbons (Fsp3) is 0.364. The quantitative estimate of drug-likeness (QED) is 0.137. The molecule has 0 aliphatic heterocycles. The summed E-state index contributed by atoms with van der Waals surface area (Å²) in [6.45, 7) is -12.6. The van der Waals surface area contributed by atoms with Crippen LogP contribution in [0.4, 0.5) is 11.4 Å². The van der Waals surface area contributed by atoms with Crippen molar-refractivity contribution in [3.05, 3.63) is 46.5 Å². The second kappa shape index (κ2) is 10.9. The zero-order valence-electron chi connectivity index (χ0n) is 24.7. The zero-order valence-corrected chi connectivity index (χ0v) is 16.7. The van der Waals surface area contributed by atoms with E-state index >= 15 is 0 Å². The molecule has 0 spiro atoms. The molecule has 0 amide bonds. The highest BCUT2D eigenvalue weighted by Crippen LogP contribution is 2.42. The predicted octanol–water partition coefficient (Wildman–Crippen LogP) is -0.139. The molecular formula is C22H28N4O6. The van der Waals surface area contributed by atoms with Gasteiger partial charge in [-0.2, -0.15) is 0 Å². The Kier molecular flexibility index (Phi) is 5.05. The number of ketones is 2.